The van der Waals surface area contributed by atoms with Gasteiger partial charge >= 0.3 is 0 Å². The lowest BCUT2D eigenvalue weighted by Crippen LogP contribution is -2.52. The summed E-state index contributed by atoms with van der Waals surface area (Å²) in [5.74, 6) is -0.324. The van der Waals surface area contributed by atoms with Gasteiger partial charge in [-0.25, -0.2) is 0 Å². The Labute approximate surface area is 205 Å². The summed E-state index contributed by atoms with van der Waals surface area (Å²) in [5.41, 5.74) is 1.35. The second-order valence-corrected chi connectivity index (χ2v) is 9.48. The van der Waals surface area contributed by atoms with Gasteiger partial charge in [0, 0.05) is 33.2 Å². The molecule has 0 bridgehead atoms. The number of hydrogen-bond acceptors (Lipinski definition) is 2. The Kier molecular flexibility index (Phi) is 9.27. The van der Waals surface area contributed by atoms with E-state index < -0.39 is 6.04 Å². The van der Waals surface area contributed by atoms with Crippen LogP contribution in [-0.4, -0.2) is 28.8 Å². The van der Waals surface area contributed by atoms with E-state index in [0.29, 0.717) is 27.1 Å². The maximum Gasteiger partial charge on any atom is 0.243 e. The van der Waals surface area contributed by atoms with Gasteiger partial charge in [-0.1, -0.05) is 85.3 Å². The number of hydrogen-bond donors (Lipinski definition) is 1. The molecule has 0 spiro atoms. The minimum absolute atomic E-state index is 0.0922. The Hall–Kier alpha value is -1.75. The summed E-state index contributed by atoms with van der Waals surface area (Å²) in [4.78, 5) is 28.4. The van der Waals surface area contributed by atoms with E-state index in [9.17, 15) is 9.59 Å². The van der Waals surface area contributed by atoms with Gasteiger partial charge in [0.05, 0.1) is 6.42 Å². The molecule has 1 fully saturated rings. The van der Waals surface area contributed by atoms with E-state index in [2.05, 4.69) is 5.32 Å². The van der Waals surface area contributed by atoms with Crippen molar-refractivity contribution in [2.75, 3.05) is 0 Å². The van der Waals surface area contributed by atoms with Crippen LogP contribution < -0.4 is 5.32 Å². The monoisotopic (exact) mass is 494 g/mol. The molecule has 4 nitrogen and oxygen atoms in total. The summed E-state index contributed by atoms with van der Waals surface area (Å²) in [5, 5.41) is 4.63. The number of amides is 2. The van der Waals surface area contributed by atoms with E-state index in [-0.39, 0.29) is 30.8 Å². The normalized spacial score (nSPS) is 15.2. The average Bonchev–Trinajstić information content (AvgIpc) is 2.77. The van der Waals surface area contributed by atoms with Crippen LogP contribution in [0.4, 0.5) is 0 Å². The zero-order chi connectivity index (χ0) is 23.1. The zero-order valence-electron chi connectivity index (χ0n) is 18.3. The van der Waals surface area contributed by atoms with E-state index in [1.165, 1.54) is 6.42 Å². The smallest absolute Gasteiger partial charge is 0.243 e. The number of carbonyl (C=O) groups excluding carboxylic acids is 2. The maximum absolute atomic E-state index is 13.5. The minimum atomic E-state index is -0.626. The Morgan fingerprint density at radius 1 is 0.969 bits per heavy atom. The molecule has 0 saturated heterocycles. The molecule has 2 aromatic carbocycles. The van der Waals surface area contributed by atoms with Crippen LogP contribution in [0.15, 0.2) is 42.5 Å². The van der Waals surface area contributed by atoms with Crippen molar-refractivity contribution in [3.8, 4) is 0 Å². The Balaban J connectivity index is 1.87. The predicted molar refractivity (Wildman–Crippen MR) is 131 cm³/mol. The molecule has 32 heavy (non-hydrogen) atoms. The second-order valence-electron chi connectivity index (χ2n) is 8.26. The SMILES string of the molecule is CCC(C(=O)NC1CCCCC1)N(Cc1c(Cl)cccc1Cl)C(=O)Cc1ccccc1Cl. The lowest BCUT2D eigenvalue weighted by molar-refractivity contribution is -0.141. The van der Waals surface area contributed by atoms with Crippen LogP contribution in [0.5, 0.6) is 0 Å². The predicted octanol–water partition coefficient (Wildman–Crippen LogP) is 6.45. The molecule has 1 aliphatic rings. The van der Waals surface area contributed by atoms with Gasteiger partial charge in [-0.2, -0.15) is 0 Å². The molecule has 0 radical (unpaired) electrons. The number of halogens is 3. The van der Waals surface area contributed by atoms with Crippen molar-refractivity contribution in [3.63, 3.8) is 0 Å². The van der Waals surface area contributed by atoms with Crippen molar-refractivity contribution in [2.24, 2.45) is 0 Å². The summed E-state index contributed by atoms with van der Waals surface area (Å²) in [6.07, 6.45) is 5.97. The van der Waals surface area contributed by atoms with Crippen molar-refractivity contribution in [1.82, 2.24) is 10.2 Å². The fourth-order valence-corrected chi connectivity index (χ4v) is 4.94. The van der Waals surface area contributed by atoms with Crippen molar-refractivity contribution in [2.45, 2.75) is 70.5 Å². The first kappa shape index (κ1) is 24.9. The average molecular weight is 496 g/mol. The minimum Gasteiger partial charge on any atom is -0.352 e. The van der Waals surface area contributed by atoms with Crippen molar-refractivity contribution in [1.29, 1.82) is 0 Å². The molecule has 2 amide bonds. The highest BCUT2D eigenvalue weighted by molar-refractivity contribution is 6.36. The van der Waals surface area contributed by atoms with Gasteiger partial charge in [0.15, 0.2) is 0 Å². The van der Waals surface area contributed by atoms with Crippen molar-refractivity contribution in [3.05, 3.63) is 68.7 Å². The first-order valence-electron chi connectivity index (χ1n) is 11.2. The molecule has 2 aromatic rings. The van der Waals surface area contributed by atoms with Gasteiger partial charge in [0.2, 0.25) is 11.8 Å². The fraction of sp³-hybridized carbons (Fsp3) is 0.440. The first-order valence-corrected chi connectivity index (χ1v) is 12.3. The highest BCUT2D eigenvalue weighted by atomic mass is 35.5. The van der Waals surface area contributed by atoms with Crippen LogP contribution in [0, 0.1) is 0 Å². The number of carbonyl (C=O) groups is 2. The van der Waals surface area contributed by atoms with Gasteiger partial charge in [-0.3, -0.25) is 9.59 Å². The van der Waals surface area contributed by atoms with E-state index in [0.717, 1.165) is 31.2 Å². The lowest BCUT2D eigenvalue weighted by atomic mass is 9.95. The molecule has 1 N–H and O–H groups in total. The Morgan fingerprint density at radius 2 is 1.59 bits per heavy atom. The number of rotatable bonds is 8. The van der Waals surface area contributed by atoms with Crippen LogP contribution in [0.3, 0.4) is 0 Å². The van der Waals surface area contributed by atoms with Crippen molar-refractivity contribution >= 4 is 46.6 Å². The van der Waals surface area contributed by atoms with Gasteiger partial charge in [-0.15, -0.1) is 0 Å². The third kappa shape index (κ3) is 6.40. The molecular formula is C25H29Cl3N2O2. The molecule has 1 saturated carbocycles. The van der Waals surface area contributed by atoms with Crippen molar-refractivity contribution < 1.29 is 9.59 Å². The van der Waals surface area contributed by atoms with E-state index in [4.69, 9.17) is 34.8 Å². The Bertz CT molecular complexity index is 924. The topological polar surface area (TPSA) is 49.4 Å². The Morgan fingerprint density at radius 3 is 2.22 bits per heavy atom. The molecular weight excluding hydrogens is 467 g/mol. The second kappa shape index (κ2) is 11.9. The highest BCUT2D eigenvalue weighted by Crippen LogP contribution is 2.28. The van der Waals surface area contributed by atoms with Gasteiger partial charge in [0.1, 0.15) is 6.04 Å². The summed E-state index contributed by atoms with van der Waals surface area (Å²) in [6.45, 7) is 2.06. The fourth-order valence-electron chi connectivity index (χ4n) is 4.22. The third-order valence-electron chi connectivity index (χ3n) is 6.03. The lowest BCUT2D eigenvalue weighted by Gasteiger charge is -2.33. The molecule has 0 aliphatic heterocycles. The molecule has 1 aliphatic carbocycles. The molecule has 1 unspecified atom stereocenters. The van der Waals surface area contributed by atoms with Crippen LogP contribution in [-0.2, 0) is 22.6 Å². The standard InChI is InChI=1S/C25H29Cl3N2O2/c1-2-23(25(32)29-18-10-4-3-5-11-18)30(16-19-21(27)13-8-14-22(19)28)24(31)15-17-9-6-7-12-20(17)26/h6-9,12-14,18,23H,2-5,10-11,15-16H2,1H3,(H,29,32). The van der Waals surface area contributed by atoms with E-state index in [1.807, 2.05) is 25.1 Å². The molecule has 7 heteroatoms. The van der Waals surface area contributed by atoms with Crippen LogP contribution in [0.2, 0.25) is 15.1 Å². The zero-order valence-corrected chi connectivity index (χ0v) is 20.5. The molecule has 0 heterocycles. The summed E-state index contributed by atoms with van der Waals surface area (Å²) >= 11 is 19.1. The molecule has 1 atom stereocenters. The van der Waals surface area contributed by atoms with Crippen LogP contribution in [0.1, 0.15) is 56.6 Å². The number of nitrogens with one attached hydrogen (secondary N) is 1. The molecule has 172 valence electrons. The number of benzene rings is 2. The third-order valence-corrected chi connectivity index (χ3v) is 7.10. The molecule has 0 aromatic heterocycles. The first-order chi connectivity index (χ1) is 15.4. The van der Waals surface area contributed by atoms with E-state index in [1.54, 1.807) is 29.2 Å². The van der Waals surface area contributed by atoms with Gasteiger partial charge < -0.3 is 10.2 Å². The maximum atomic E-state index is 13.5. The van der Waals surface area contributed by atoms with Gasteiger partial charge in [-0.05, 0) is 43.0 Å². The summed E-state index contributed by atoms with van der Waals surface area (Å²) in [6, 6.07) is 12.0. The quantitative estimate of drug-likeness (QED) is 0.458. The van der Waals surface area contributed by atoms with E-state index >= 15 is 0 Å². The highest BCUT2D eigenvalue weighted by Gasteiger charge is 2.31. The number of nitrogens with zero attached hydrogens (tertiary/aromatic N) is 1. The summed E-state index contributed by atoms with van der Waals surface area (Å²) < 4.78 is 0. The van der Waals surface area contributed by atoms with Crippen LogP contribution >= 0.6 is 34.8 Å². The van der Waals surface area contributed by atoms with Gasteiger partial charge in [0.25, 0.3) is 0 Å². The summed E-state index contributed by atoms with van der Waals surface area (Å²) in [7, 11) is 0. The largest absolute Gasteiger partial charge is 0.352 e. The van der Waals surface area contributed by atoms with Crippen LogP contribution in [0.25, 0.3) is 0 Å². The molecule has 3 rings (SSSR count).